The van der Waals surface area contributed by atoms with Gasteiger partial charge in [-0.1, -0.05) is 23.5 Å². The molecule has 0 unspecified atom stereocenters. The van der Waals surface area contributed by atoms with Crippen molar-refractivity contribution in [2.75, 3.05) is 23.3 Å². The Balaban J connectivity index is 1.46. The molecule has 0 aliphatic carbocycles. The fourth-order valence-electron chi connectivity index (χ4n) is 3.53. The van der Waals surface area contributed by atoms with Gasteiger partial charge in [0, 0.05) is 18.8 Å². The minimum Gasteiger partial charge on any atom is -0.348 e. The quantitative estimate of drug-likeness (QED) is 0.554. The molecule has 0 saturated carbocycles. The third-order valence-electron chi connectivity index (χ3n) is 4.94. The van der Waals surface area contributed by atoms with E-state index < -0.39 is 5.69 Å². The summed E-state index contributed by atoms with van der Waals surface area (Å²) in [5.74, 6) is -0.313. The minimum atomic E-state index is -0.398. The molecule has 4 heterocycles. The highest BCUT2D eigenvalue weighted by Crippen LogP contribution is 2.31. The predicted octanol–water partition coefficient (Wildman–Crippen LogP) is 2.05. The number of carbonyl (C=O) groups excluding carboxylic acids is 1. The van der Waals surface area contributed by atoms with Gasteiger partial charge < -0.3 is 10.2 Å². The van der Waals surface area contributed by atoms with Crippen LogP contribution in [0.25, 0.3) is 16.0 Å². The molecular weight excluding hydrogens is 390 g/mol. The van der Waals surface area contributed by atoms with E-state index in [0.29, 0.717) is 17.0 Å². The van der Waals surface area contributed by atoms with Crippen LogP contribution < -0.4 is 15.9 Å². The van der Waals surface area contributed by atoms with Gasteiger partial charge in [-0.25, -0.2) is 18.9 Å². The number of rotatable bonds is 4. The van der Waals surface area contributed by atoms with Gasteiger partial charge in [0.1, 0.15) is 17.6 Å². The van der Waals surface area contributed by atoms with E-state index in [-0.39, 0.29) is 12.5 Å². The van der Waals surface area contributed by atoms with Crippen LogP contribution in [-0.4, -0.2) is 43.1 Å². The number of carbonyl (C=O) groups is 1. The Hall–Kier alpha value is -3.27. The van der Waals surface area contributed by atoms with Crippen LogP contribution in [0.4, 0.5) is 10.8 Å². The Morgan fingerprint density at radius 2 is 2.10 bits per heavy atom. The van der Waals surface area contributed by atoms with Crippen molar-refractivity contribution in [1.82, 2.24) is 24.1 Å². The van der Waals surface area contributed by atoms with Crippen molar-refractivity contribution in [2.45, 2.75) is 26.3 Å². The molecule has 0 bridgehead atoms. The zero-order valence-corrected chi connectivity index (χ0v) is 16.6. The van der Waals surface area contributed by atoms with Crippen molar-refractivity contribution in [3.8, 4) is 0 Å². The Bertz CT molecular complexity index is 1280. The fraction of sp³-hybridized carbons (Fsp3) is 0.316. The molecule has 1 fully saturated rings. The summed E-state index contributed by atoms with van der Waals surface area (Å²) in [6, 6.07) is 7.50. The summed E-state index contributed by atoms with van der Waals surface area (Å²) in [4.78, 5) is 36.2. The van der Waals surface area contributed by atoms with E-state index in [9.17, 15) is 9.59 Å². The lowest BCUT2D eigenvalue weighted by Crippen LogP contribution is -2.28. The molecule has 1 aliphatic heterocycles. The topological polar surface area (TPSA) is 97.4 Å². The van der Waals surface area contributed by atoms with Crippen molar-refractivity contribution >= 4 is 44.1 Å². The molecule has 1 N–H and O–H groups in total. The summed E-state index contributed by atoms with van der Waals surface area (Å²) in [5.41, 5.74) is 2.38. The van der Waals surface area contributed by atoms with E-state index in [4.69, 9.17) is 0 Å². The van der Waals surface area contributed by atoms with Crippen molar-refractivity contribution in [1.29, 1.82) is 0 Å². The molecule has 9 nitrogen and oxygen atoms in total. The summed E-state index contributed by atoms with van der Waals surface area (Å²) in [6.07, 6.45) is 3.74. The van der Waals surface area contributed by atoms with Crippen molar-refractivity contribution in [2.24, 2.45) is 0 Å². The van der Waals surface area contributed by atoms with Crippen LogP contribution >= 0.6 is 11.3 Å². The molecule has 1 aromatic carbocycles. The molecule has 4 aromatic rings. The molecule has 1 amide bonds. The number of fused-ring (bicyclic) bond motifs is 3. The number of hydrogen-bond donors (Lipinski definition) is 1. The number of thiazole rings is 1. The summed E-state index contributed by atoms with van der Waals surface area (Å²) < 4.78 is 3.29. The van der Waals surface area contributed by atoms with Gasteiger partial charge in [0.05, 0.1) is 0 Å². The number of benzene rings is 1. The van der Waals surface area contributed by atoms with E-state index in [1.54, 1.807) is 0 Å². The van der Waals surface area contributed by atoms with Crippen molar-refractivity contribution in [3.05, 3.63) is 46.6 Å². The Morgan fingerprint density at radius 1 is 1.28 bits per heavy atom. The molecule has 1 aliphatic rings. The molecule has 0 atom stereocenters. The monoisotopic (exact) mass is 409 g/mol. The minimum absolute atomic E-state index is 0.173. The van der Waals surface area contributed by atoms with Crippen LogP contribution in [-0.2, 0) is 11.3 Å². The lowest BCUT2D eigenvalue weighted by molar-refractivity contribution is -0.117. The summed E-state index contributed by atoms with van der Waals surface area (Å²) in [5, 5.41) is 8.10. The summed E-state index contributed by atoms with van der Waals surface area (Å²) in [6.45, 7) is 3.74. The van der Waals surface area contributed by atoms with Crippen LogP contribution in [0.3, 0.4) is 0 Å². The van der Waals surface area contributed by atoms with E-state index >= 15 is 0 Å². The zero-order chi connectivity index (χ0) is 20.0. The van der Waals surface area contributed by atoms with Gasteiger partial charge in [-0.3, -0.25) is 4.79 Å². The van der Waals surface area contributed by atoms with Crippen LogP contribution in [0.5, 0.6) is 0 Å². The second kappa shape index (κ2) is 6.96. The molecule has 1 saturated heterocycles. The lowest BCUT2D eigenvalue weighted by Gasteiger charge is -2.11. The van der Waals surface area contributed by atoms with Gasteiger partial charge in [0.15, 0.2) is 16.4 Å². The predicted molar refractivity (Wildman–Crippen MR) is 112 cm³/mol. The Kier molecular flexibility index (Phi) is 4.27. The zero-order valence-electron chi connectivity index (χ0n) is 15.8. The molecule has 0 radical (unpaired) electrons. The third-order valence-corrected chi connectivity index (χ3v) is 6.04. The molecule has 3 aromatic heterocycles. The van der Waals surface area contributed by atoms with Crippen LogP contribution in [0.2, 0.25) is 0 Å². The maximum atomic E-state index is 12.7. The molecule has 29 heavy (non-hydrogen) atoms. The van der Waals surface area contributed by atoms with Crippen molar-refractivity contribution in [3.63, 3.8) is 0 Å². The highest BCUT2D eigenvalue weighted by molar-refractivity contribution is 7.22. The van der Waals surface area contributed by atoms with Crippen LogP contribution in [0.15, 0.2) is 35.4 Å². The molecule has 5 rings (SSSR count). The van der Waals surface area contributed by atoms with Gasteiger partial charge in [-0.2, -0.15) is 4.98 Å². The molecular formula is C19H19N7O2S. The second-order valence-electron chi connectivity index (χ2n) is 7.14. The summed E-state index contributed by atoms with van der Waals surface area (Å²) in [7, 11) is 0. The number of hydrogen-bond acceptors (Lipinski definition) is 7. The average Bonchev–Trinajstić information content (AvgIpc) is 3.41. The maximum absolute atomic E-state index is 12.7. The lowest BCUT2D eigenvalue weighted by atomic mass is 10.2. The highest BCUT2D eigenvalue weighted by Gasteiger charge is 2.20. The fourth-order valence-corrected chi connectivity index (χ4v) is 4.58. The maximum Gasteiger partial charge on any atom is 0.352 e. The first-order chi connectivity index (χ1) is 14.1. The molecule has 148 valence electrons. The van der Waals surface area contributed by atoms with Gasteiger partial charge >= 0.3 is 5.69 Å². The standard InChI is InChI=1S/C19H19N7O2S/c1-12-5-4-6-13(9-12)21-14(27)10-26-19(28)25-11-20-16-15(17(25)23-26)29-18(22-16)24-7-2-3-8-24/h4-6,9,11H,2-3,7-8,10H2,1H3,(H,21,27). The largest absolute Gasteiger partial charge is 0.352 e. The first-order valence-electron chi connectivity index (χ1n) is 9.45. The summed E-state index contributed by atoms with van der Waals surface area (Å²) >= 11 is 1.49. The van der Waals surface area contributed by atoms with Crippen molar-refractivity contribution < 1.29 is 4.79 Å². The smallest absolute Gasteiger partial charge is 0.348 e. The number of anilines is 2. The SMILES string of the molecule is Cc1cccc(NC(=O)Cn2nc3c4sc(N5CCCC5)nc4ncn3c2=O)c1. The average molecular weight is 409 g/mol. The number of nitrogens with zero attached hydrogens (tertiary/aromatic N) is 6. The van der Waals surface area contributed by atoms with E-state index in [1.165, 1.54) is 22.1 Å². The van der Waals surface area contributed by atoms with Gasteiger partial charge in [0.2, 0.25) is 5.91 Å². The Labute approximate surface area is 169 Å². The number of aryl methyl sites for hydroxylation is 1. The number of aromatic nitrogens is 5. The highest BCUT2D eigenvalue weighted by atomic mass is 32.1. The molecule has 10 heteroatoms. The van der Waals surface area contributed by atoms with Crippen LogP contribution in [0.1, 0.15) is 18.4 Å². The van der Waals surface area contributed by atoms with Gasteiger partial charge in [-0.15, -0.1) is 5.10 Å². The van der Waals surface area contributed by atoms with E-state index in [0.717, 1.165) is 46.0 Å². The number of amides is 1. The second-order valence-corrected chi connectivity index (χ2v) is 8.12. The van der Waals surface area contributed by atoms with Gasteiger partial charge in [0.25, 0.3) is 0 Å². The third kappa shape index (κ3) is 3.25. The molecule has 0 spiro atoms. The first kappa shape index (κ1) is 17.8. The Morgan fingerprint density at radius 3 is 2.90 bits per heavy atom. The van der Waals surface area contributed by atoms with Crippen LogP contribution in [0, 0.1) is 6.92 Å². The number of nitrogens with one attached hydrogen (secondary N) is 1. The first-order valence-corrected chi connectivity index (χ1v) is 10.3. The normalized spacial score (nSPS) is 14.2. The van der Waals surface area contributed by atoms with E-state index in [1.807, 2.05) is 31.2 Å². The van der Waals surface area contributed by atoms with Gasteiger partial charge in [-0.05, 0) is 37.5 Å². The van der Waals surface area contributed by atoms with E-state index in [2.05, 4.69) is 25.3 Å².